The smallest absolute Gasteiger partial charge is 0.450 e. The minimum atomic E-state index is -1.83. The lowest BCUT2D eigenvalue weighted by Gasteiger charge is -1.88. The average Bonchev–Trinajstić information content (AvgIpc) is 2.05. The van der Waals surface area contributed by atoms with Crippen LogP contribution in [0.1, 0.15) is 5.56 Å². The quantitative estimate of drug-likeness (QED) is 0.667. The Bertz CT molecular complexity index is 219. The molecule has 0 aliphatic rings. The minimum absolute atomic E-state index is 0.612. The van der Waals surface area contributed by atoms with Crippen LogP contribution >= 0.6 is 11.6 Å². The molecule has 4 heteroatoms. The summed E-state index contributed by atoms with van der Waals surface area (Å²) in [6.07, 6.45) is -1.83. The molecule has 0 bridgehead atoms. The number of carbonyl (C=O) groups is 1. The largest absolute Gasteiger partial charge is 0.503 e. The second-order valence-corrected chi connectivity index (χ2v) is 2.17. The highest BCUT2D eigenvalue weighted by Gasteiger charge is 1.81. The van der Waals surface area contributed by atoms with E-state index in [1.807, 2.05) is 30.3 Å². The van der Waals surface area contributed by atoms with E-state index >= 15 is 0 Å². The number of alkyl halides is 1. The highest BCUT2D eigenvalue weighted by molar-refractivity contribution is 6.17. The maximum atomic E-state index is 8.56. The summed E-state index contributed by atoms with van der Waals surface area (Å²) in [6.45, 7) is 0. The molecule has 0 aromatic heterocycles. The molecule has 0 saturated heterocycles. The minimum Gasteiger partial charge on any atom is -0.450 e. The molecule has 12 heavy (non-hydrogen) atoms. The van der Waals surface area contributed by atoms with E-state index in [2.05, 4.69) is 0 Å². The van der Waals surface area contributed by atoms with Crippen molar-refractivity contribution >= 4 is 17.8 Å². The lowest BCUT2D eigenvalue weighted by atomic mass is 10.2. The molecular weight excluding hydrogens is 180 g/mol. The van der Waals surface area contributed by atoms with E-state index in [9.17, 15) is 0 Å². The van der Waals surface area contributed by atoms with Gasteiger partial charge in [0.15, 0.2) is 0 Å². The highest BCUT2D eigenvalue weighted by Crippen LogP contribution is 2.00. The molecular formula is C8H9ClO3. The topological polar surface area (TPSA) is 57.5 Å². The Morgan fingerprint density at radius 2 is 1.67 bits per heavy atom. The molecule has 0 atom stereocenters. The van der Waals surface area contributed by atoms with Gasteiger partial charge in [-0.25, -0.2) is 4.79 Å². The molecule has 2 N–H and O–H groups in total. The second kappa shape index (κ2) is 6.49. The molecule has 0 heterocycles. The first kappa shape index (κ1) is 10.8. The Morgan fingerprint density at radius 1 is 1.25 bits per heavy atom. The molecule has 0 amide bonds. The molecule has 1 aromatic rings. The molecule has 1 rings (SSSR count). The van der Waals surface area contributed by atoms with Gasteiger partial charge in [0.05, 0.1) is 0 Å². The molecule has 0 spiro atoms. The van der Waals surface area contributed by atoms with Gasteiger partial charge in [0, 0.05) is 5.88 Å². The normalized spacial score (nSPS) is 8.08. The van der Waals surface area contributed by atoms with Crippen molar-refractivity contribution in [2.75, 3.05) is 0 Å². The standard InChI is InChI=1S/C7H7Cl.CH2O3/c8-6-7-4-2-1-3-5-7;2-1(3)4/h1-5H,6H2;(H2,2,3,4). The lowest BCUT2D eigenvalue weighted by molar-refractivity contribution is 0.137. The fourth-order valence-electron chi connectivity index (χ4n) is 0.567. The first-order valence-corrected chi connectivity index (χ1v) is 3.72. The van der Waals surface area contributed by atoms with E-state index in [-0.39, 0.29) is 0 Å². The number of rotatable bonds is 1. The van der Waals surface area contributed by atoms with Crippen LogP contribution in [-0.2, 0) is 5.88 Å². The van der Waals surface area contributed by atoms with Crippen molar-refractivity contribution in [3.05, 3.63) is 35.9 Å². The molecule has 0 radical (unpaired) electrons. The Balaban J connectivity index is 0.000000261. The number of carboxylic acid groups (broad SMARTS) is 2. The van der Waals surface area contributed by atoms with Crippen LogP contribution in [0.4, 0.5) is 4.79 Å². The second-order valence-electron chi connectivity index (χ2n) is 1.90. The van der Waals surface area contributed by atoms with Gasteiger partial charge in [0.1, 0.15) is 0 Å². The van der Waals surface area contributed by atoms with E-state index in [1.54, 1.807) is 0 Å². The van der Waals surface area contributed by atoms with Crippen molar-refractivity contribution in [1.82, 2.24) is 0 Å². The summed E-state index contributed by atoms with van der Waals surface area (Å²) in [4.78, 5) is 8.56. The predicted molar refractivity (Wildman–Crippen MR) is 46.7 cm³/mol. The van der Waals surface area contributed by atoms with Crippen LogP contribution in [-0.4, -0.2) is 16.4 Å². The Kier molecular flexibility index (Phi) is 5.83. The van der Waals surface area contributed by atoms with E-state index in [4.69, 9.17) is 26.6 Å². The van der Waals surface area contributed by atoms with Crippen molar-refractivity contribution in [2.24, 2.45) is 0 Å². The van der Waals surface area contributed by atoms with Gasteiger partial charge in [-0.2, -0.15) is 0 Å². The van der Waals surface area contributed by atoms with Crippen LogP contribution < -0.4 is 0 Å². The molecule has 3 nitrogen and oxygen atoms in total. The van der Waals surface area contributed by atoms with Gasteiger partial charge in [0.2, 0.25) is 0 Å². The SMILES string of the molecule is ClCc1ccccc1.O=C(O)O. The van der Waals surface area contributed by atoms with Crippen LogP contribution in [0.15, 0.2) is 30.3 Å². The molecule has 1 aromatic carbocycles. The number of hydrogen-bond donors (Lipinski definition) is 2. The summed E-state index contributed by atoms with van der Waals surface area (Å²) in [5.41, 5.74) is 1.18. The van der Waals surface area contributed by atoms with Crippen molar-refractivity contribution in [1.29, 1.82) is 0 Å². The third-order valence-electron chi connectivity index (χ3n) is 0.997. The fourth-order valence-corrected chi connectivity index (χ4v) is 0.745. The van der Waals surface area contributed by atoms with Crippen molar-refractivity contribution < 1.29 is 15.0 Å². The summed E-state index contributed by atoms with van der Waals surface area (Å²) in [7, 11) is 0. The van der Waals surface area contributed by atoms with Gasteiger partial charge in [0.25, 0.3) is 0 Å². The van der Waals surface area contributed by atoms with Gasteiger partial charge < -0.3 is 10.2 Å². The number of benzene rings is 1. The summed E-state index contributed by atoms with van der Waals surface area (Å²) in [5.74, 6) is 0.612. The average molecular weight is 189 g/mol. The van der Waals surface area contributed by atoms with Gasteiger partial charge in [-0.3, -0.25) is 0 Å². The summed E-state index contributed by atoms with van der Waals surface area (Å²) in [6, 6.07) is 9.96. The first-order valence-electron chi connectivity index (χ1n) is 3.18. The molecule has 0 aliphatic carbocycles. The fraction of sp³-hybridized carbons (Fsp3) is 0.125. The van der Waals surface area contributed by atoms with E-state index in [0.29, 0.717) is 5.88 Å². The zero-order valence-electron chi connectivity index (χ0n) is 6.27. The summed E-state index contributed by atoms with van der Waals surface area (Å²) >= 11 is 5.53. The van der Waals surface area contributed by atoms with Crippen molar-refractivity contribution in [3.8, 4) is 0 Å². The predicted octanol–water partition coefficient (Wildman–Crippen LogP) is 2.65. The van der Waals surface area contributed by atoms with Crippen LogP contribution in [0.2, 0.25) is 0 Å². The molecule has 0 unspecified atom stereocenters. The maximum Gasteiger partial charge on any atom is 0.503 e. The van der Waals surface area contributed by atoms with Crippen molar-refractivity contribution in [2.45, 2.75) is 5.88 Å². The zero-order valence-corrected chi connectivity index (χ0v) is 7.03. The van der Waals surface area contributed by atoms with Gasteiger partial charge in [-0.05, 0) is 5.56 Å². The Labute approximate surface area is 75.2 Å². The van der Waals surface area contributed by atoms with Crippen LogP contribution in [0, 0.1) is 0 Å². The third kappa shape index (κ3) is 6.89. The van der Waals surface area contributed by atoms with Gasteiger partial charge in [-0.1, -0.05) is 30.3 Å². The Morgan fingerprint density at radius 3 is 1.92 bits per heavy atom. The monoisotopic (exact) mass is 188 g/mol. The molecule has 66 valence electrons. The molecule has 0 saturated carbocycles. The lowest BCUT2D eigenvalue weighted by Crippen LogP contribution is -1.81. The first-order chi connectivity index (χ1) is 5.66. The van der Waals surface area contributed by atoms with E-state index in [1.165, 1.54) is 5.56 Å². The van der Waals surface area contributed by atoms with Crippen LogP contribution in [0.25, 0.3) is 0 Å². The van der Waals surface area contributed by atoms with Crippen molar-refractivity contribution in [3.63, 3.8) is 0 Å². The van der Waals surface area contributed by atoms with Gasteiger partial charge >= 0.3 is 6.16 Å². The highest BCUT2D eigenvalue weighted by atomic mass is 35.5. The van der Waals surface area contributed by atoms with Gasteiger partial charge in [-0.15, -0.1) is 11.6 Å². The number of hydrogen-bond acceptors (Lipinski definition) is 1. The van der Waals surface area contributed by atoms with E-state index < -0.39 is 6.16 Å². The van der Waals surface area contributed by atoms with E-state index in [0.717, 1.165) is 0 Å². The Hall–Kier alpha value is -1.22. The summed E-state index contributed by atoms with van der Waals surface area (Å²) < 4.78 is 0. The van der Waals surface area contributed by atoms with Crippen LogP contribution in [0.3, 0.4) is 0 Å². The third-order valence-corrected chi connectivity index (χ3v) is 1.31. The zero-order chi connectivity index (χ0) is 9.40. The summed E-state index contributed by atoms with van der Waals surface area (Å²) in [5, 5.41) is 13.9. The molecule has 0 fully saturated rings. The number of halogens is 1. The van der Waals surface area contributed by atoms with Crippen LogP contribution in [0.5, 0.6) is 0 Å². The maximum absolute atomic E-state index is 8.56. The molecule has 0 aliphatic heterocycles.